The van der Waals surface area contributed by atoms with Crippen LogP contribution in [0.4, 0.5) is 5.82 Å². The molecule has 1 fully saturated rings. The third-order valence-corrected chi connectivity index (χ3v) is 2.83. The number of aryl methyl sites for hydroxylation is 1. The van der Waals surface area contributed by atoms with Crippen molar-refractivity contribution in [2.24, 2.45) is 7.05 Å². The monoisotopic (exact) mass is 247 g/mol. The molecular weight excluding hydrogens is 234 g/mol. The number of anilines is 1. The Morgan fingerprint density at radius 3 is 3.00 bits per heavy atom. The lowest BCUT2D eigenvalue weighted by Crippen LogP contribution is -2.43. The molecule has 0 radical (unpaired) electrons. The van der Waals surface area contributed by atoms with Gasteiger partial charge < -0.3 is 10.6 Å². The predicted octanol–water partition coefficient (Wildman–Crippen LogP) is -0.592. The van der Waals surface area contributed by atoms with Crippen molar-refractivity contribution in [1.29, 1.82) is 0 Å². The molecule has 0 spiro atoms. The second-order valence-corrected chi connectivity index (χ2v) is 4.22. The molecule has 8 heteroatoms. The number of aromatic nitrogens is 5. The van der Waals surface area contributed by atoms with E-state index in [4.69, 9.17) is 0 Å². The first-order chi connectivity index (χ1) is 8.72. The smallest absolute Gasteiger partial charge is 0.279 e. The molecule has 0 saturated carbocycles. The largest absolute Gasteiger partial charge is 0.312 e. The van der Waals surface area contributed by atoms with Gasteiger partial charge in [-0.2, -0.15) is 5.10 Å². The average Bonchev–Trinajstić information content (AvgIpc) is 2.86. The number of rotatable bonds is 3. The van der Waals surface area contributed by atoms with E-state index < -0.39 is 0 Å². The molecule has 0 atom stereocenters. The van der Waals surface area contributed by atoms with Gasteiger partial charge in [-0.05, 0) is 0 Å². The minimum atomic E-state index is -0.299. The van der Waals surface area contributed by atoms with Gasteiger partial charge in [-0.3, -0.25) is 9.48 Å². The van der Waals surface area contributed by atoms with E-state index in [0.29, 0.717) is 17.6 Å². The van der Waals surface area contributed by atoms with E-state index in [1.807, 2.05) is 0 Å². The van der Waals surface area contributed by atoms with Gasteiger partial charge in [-0.1, -0.05) is 5.21 Å². The van der Waals surface area contributed by atoms with Gasteiger partial charge in [0.2, 0.25) is 0 Å². The van der Waals surface area contributed by atoms with E-state index in [1.165, 1.54) is 0 Å². The summed E-state index contributed by atoms with van der Waals surface area (Å²) < 4.78 is 3.33. The van der Waals surface area contributed by atoms with Gasteiger partial charge in [0.25, 0.3) is 5.91 Å². The lowest BCUT2D eigenvalue weighted by molar-refractivity contribution is 0.102. The number of nitrogens with one attached hydrogen (secondary N) is 2. The Morgan fingerprint density at radius 2 is 2.39 bits per heavy atom. The summed E-state index contributed by atoms with van der Waals surface area (Å²) in [5.41, 5.74) is 0.299. The molecule has 0 aromatic carbocycles. The first-order valence-corrected chi connectivity index (χ1v) is 5.66. The van der Waals surface area contributed by atoms with Crippen molar-refractivity contribution in [2.45, 2.75) is 6.04 Å². The number of nitrogens with zero attached hydrogens (tertiary/aromatic N) is 5. The summed E-state index contributed by atoms with van der Waals surface area (Å²) in [6.45, 7) is 1.73. The molecule has 2 aromatic rings. The second kappa shape index (κ2) is 4.22. The maximum Gasteiger partial charge on any atom is 0.279 e. The molecule has 0 bridgehead atoms. The summed E-state index contributed by atoms with van der Waals surface area (Å²) in [6, 6.07) is 2.02. The first kappa shape index (κ1) is 10.9. The van der Waals surface area contributed by atoms with Crippen molar-refractivity contribution in [3.05, 3.63) is 24.2 Å². The quantitative estimate of drug-likeness (QED) is 0.756. The van der Waals surface area contributed by atoms with Crippen LogP contribution in [0.15, 0.2) is 18.5 Å². The Bertz CT molecular complexity index is 568. The molecule has 94 valence electrons. The molecule has 1 saturated heterocycles. The molecule has 2 N–H and O–H groups in total. The van der Waals surface area contributed by atoms with Gasteiger partial charge in [0, 0.05) is 32.4 Å². The number of amides is 1. The average molecular weight is 247 g/mol. The van der Waals surface area contributed by atoms with Crippen molar-refractivity contribution in [2.75, 3.05) is 18.4 Å². The summed E-state index contributed by atoms with van der Waals surface area (Å²) in [5, 5.41) is 17.7. The van der Waals surface area contributed by atoms with Crippen LogP contribution in [-0.4, -0.2) is 43.8 Å². The van der Waals surface area contributed by atoms with Crippen molar-refractivity contribution >= 4 is 11.7 Å². The molecule has 2 aromatic heterocycles. The van der Waals surface area contributed by atoms with Crippen LogP contribution in [0.3, 0.4) is 0 Å². The van der Waals surface area contributed by atoms with Crippen molar-refractivity contribution < 1.29 is 4.79 Å². The zero-order valence-corrected chi connectivity index (χ0v) is 9.87. The zero-order valence-electron chi connectivity index (χ0n) is 9.87. The molecule has 0 unspecified atom stereocenters. The fourth-order valence-electron chi connectivity index (χ4n) is 1.68. The zero-order chi connectivity index (χ0) is 12.5. The lowest BCUT2D eigenvalue weighted by atomic mass is 10.2. The highest BCUT2D eigenvalue weighted by Gasteiger charge is 2.21. The maximum absolute atomic E-state index is 11.9. The van der Waals surface area contributed by atoms with Gasteiger partial charge >= 0.3 is 0 Å². The Morgan fingerprint density at radius 1 is 1.56 bits per heavy atom. The molecule has 1 amide bonds. The Balaban J connectivity index is 1.70. The second-order valence-electron chi connectivity index (χ2n) is 4.22. The fraction of sp³-hybridized carbons (Fsp3) is 0.400. The van der Waals surface area contributed by atoms with E-state index >= 15 is 0 Å². The number of carbonyl (C=O) groups excluding carboxylic acids is 1. The van der Waals surface area contributed by atoms with Crippen LogP contribution >= 0.6 is 0 Å². The van der Waals surface area contributed by atoms with Crippen LogP contribution in [0.1, 0.15) is 16.5 Å². The summed E-state index contributed by atoms with van der Waals surface area (Å²) >= 11 is 0. The maximum atomic E-state index is 11.9. The molecular formula is C10H13N7O. The SMILES string of the molecule is Cn1ccc(NC(=O)c2cn(C3CNC3)nn2)n1. The summed E-state index contributed by atoms with van der Waals surface area (Å²) in [4.78, 5) is 11.9. The predicted molar refractivity (Wildman–Crippen MR) is 63.1 cm³/mol. The number of hydrogen-bond acceptors (Lipinski definition) is 5. The molecule has 1 aliphatic rings. The fourth-order valence-corrected chi connectivity index (χ4v) is 1.68. The lowest BCUT2D eigenvalue weighted by Gasteiger charge is -2.26. The number of carbonyl (C=O) groups is 1. The summed E-state index contributed by atoms with van der Waals surface area (Å²) in [5.74, 6) is 0.203. The van der Waals surface area contributed by atoms with Crippen LogP contribution in [0.2, 0.25) is 0 Å². The summed E-state index contributed by atoms with van der Waals surface area (Å²) in [7, 11) is 1.79. The first-order valence-electron chi connectivity index (χ1n) is 5.66. The molecule has 3 rings (SSSR count). The molecule has 3 heterocycles. The Hall–Kier alpha value is -2.22. The van der Waals surface area contributed by atoms with E-state index in [1.54, 1.807) is 34.9 Å². The van der Waals surface area contributed by atoms with Crippen LogP contribution in [0.5, 0.6) is 0 Å². The van der Waals surface area contributed by atoms with Gasteiger partial charge in [-0.15, -0.1) is 5.10 Å². The van der Waals surface area contributed by atoms with E-state index in [-0.39, 0.29) is 5.91 Å². The van der Waals surface area contributed by atoms with Crippen molar-refractivity contribution in [1.82, 2.24) is 30.1 Å². The van der Waals surface area contributed by atoms with Gasteiger partial charge in [0.05, 0.1) is 12.2 Å². The highest BCUT2D eigenvalue weighted by Crippen LogP contribution is 2.10. The summed E-state index contributed by atoms with van der Waals surface area (Å²) in [6.07, 6.45) is 3.41. The van der Waals surface area contributed by atoms with Crippen LogP contribution < -0.4 is 10.6 Å². The Kier molecular flexibility index (Phi) is 2.56. The van der Waals surface area contributed by atoms with Crippen LogP contribution in [0.25, 0.3) is 0 Å². The third kappa shape index (κ3) is 1.97. The standard InChI is InChI=1S/C10H13N7O/c1-16-3-2-9(14-16)12-10(18)8-6-17(15-13-8)7-4-11-5-7/h2-3,6-7,11H,4-5H2,1H3,(H,12,14,18). The van der Waals surface area contributed by atoms with Crippen LogP contribution in [0, 0.1) is 0 Å². The molecule has 0 aliphatic carbocycles. The minimum Gasteiger partial charge on any atom is -0.312 e. The normalized spacial score (nSPS) is 15.4. The topological polar surface area (TPSA) is 89.7 Å². The highest BCUT2D eigenvalue weighted by atomic mass is 16.2. The van der Waals surface area contributed by atoms with Crippen molar-refractivity contribution in [3.8, 4) is 0 Å². The van der Waals surface area contributed by atoms with Gasteiger partial charge in [-0.25, -0.2) is 4.68 Å². The highest BCUT2D eigenvalue weighted by molar-refractivity contribution is 6.01. The minimum absolute atomic E-state index is 0.299. The van der Waals surface area contributed by atoms with E-state index in [2.05, 4.69) is 26.0 Å². The number of hydrogen-bond donors (Lipinski definition) is 2. The Labute approximate surface area is 103 Å². The molecule has 1 aliphatic heterocycles. The van der Waals surface area contributed by atoms with Gasteiger partial charge in [0.15, 0.2) is 11.5 Å². The van der Waals surface area contributed by atoms with Crippen molar-refractivity contribution in [3.63, 3.8) is 0 Å². The van der Waals surface area contributed by atoms with E-state index in [9.17, 15) is 4.79 Å². The molecule has 8 nitrogen and oxygen atoms in total. The third-order valence-electron chi connectivity index (χ3n) is 2.83. The van der Waals surface area contributed by atoms with Gasteiger partial charge in [0.1, 0.15) is 0 Å². The molecule has 18 heavy (non-hydrogen) atoms. The van der Waals surface area contributed by atoms with Crippen LogP contribution in [-0.2, 0) is 7.05 Å². The van der Waals surface area contributed by atoms with E-state index in [0.717, 1.165) is 13.1 Å².